The molecule has 2 bridgehead atoms. The van der Waals surface area contributed by atoms with E-state index in [4.69, 9.17) is 24.7 Å². The molecule has 3 saturated heterocycles. The van der Waals surface area contributed by atoms with Crippen LogP contribution in [0.4, 0.5) is 16.4 Å². The third-order valence-corrected chi connectivity index (χ3v) is 29.0. The first-order chi connectivity index (χ1) is 58.1. The molecule has 4 fully saturated rings. The average Bonchev–Trinajstić information content (AvgIpc) is 1.48. The van der Waals surface area contributed by atoms with Gasteiger partial charge < -0.3 is 86.3 Å². The Bertz CT molecular complexity index is 4820. The molecule has 6 aliphatic heterocycles. The first-order valence-electron chi connectivity index (χ1n) is 42.8. The van der Waals surface area contributed by atoms with Crippen LogP contribution in [0.2, 0.25) is 0 Å². The third kappa shape index (κ3) is 19.3. The number of likely N-dealkylation sites (N-methyl/N-ethyl adjacent to an activating group) is 1. The number of aliphatic carboxylic acids is 1. The number of benzene rings is 3. The zero-order valence-corrected chi connectivity index (χ0v) is 71.4. The molecule has 9 heterocycles. The summed E-state index contributed by atoms with van der Waals surface area (Å²) in [7, 11) is 5.83. The predicted molar refractivity (Wildman–Crippen MR) is 457 cm³/mol. The zero-order chi connectivity index (χ0) is 86.1. The number of nitrogens with zero attached hydrogens (tertiary/aromatic N) is 6. The summed E-state index contributed by atoms with van der Waals surface area (Å²) < 4.78 is 23.3. The van der Waals surface area contributed by atoms with Gasteiger partial charge in [0.2, 0.25) is 17.8 Å². The predicted octanol–water partition coefficient (Wildman–Crippen LogP) is 6.45. The number of unbranched alkanes of at least 4 members (excludes halogenated alkanes) is 6. The minimum atomic E-state index is -2.46. The molecule has 1 saturated carbocycles. The Morgan fingerprint density at radius 2 is 1.60 bits per heavy atom. The van der Waals surface area contributed by atoms with E-state index in [1.54, 1.807) is 19.2 Å². The largest absolute Gasteiger partial charge is 0.496 e. The number of Topliss-reactive ketones (excluding diaryl/α,β-unsaturated/α-hetero) is 3. The number of carboxylic acids is 1. The Hall–Kier alpha value is -8.45. The second-order valence-corrected chi connectivity index (χ2v) is 37.0. The number of H-pyrrole nitrogens is 2. The molecule has 1 spiro atoms. The molecule has 7 aliphatic rings. The molecule has 13 rings (SSSR count). The smallest absolute Gasteiger partial charge is 0.407 e. The maximum absolute atomic E-state index is 15.4. The van der Waals surface area contributed by atoms with Crippen molar-refractivity contribution in [1.29, 1.82) is 0 Å². The Morgan fingerprint density at radius 1 is 0.843 bits per heavy atom. The van der Waals surface area contributed by atoms with E-state index in [1.165, 1.54) is 22.6 Å². The molecule has 656 valence electrons. The third-order valence-electron chi connectivity index (χ3n) is 26.6. The van der Waals surface area contributed by atoms with Crippen molar-refractivity contribution in [2.24, 2.45) is 17.3 Å². The first-order valence-corrected chi connectivity index (χ1v) is 45.3. The Balaban J connectivity index is 0.608. The van der Waals surface area contributed by atoms with Crippen molar-refractivity contribution in [1.82, 2.24) is 50.7 Å². The number of carbonyl (C=O) groups excluding carboxylic acids is 6. The highest BCUT2D eigenvalue weighted by atomic mass is 33.1. The lowest BCUT2D eigenvalue weighted by atomic mass is 9.47. The lowest BCUT2D eigenvalue weighted by Gasteiger charge is -2.63. The number of carbonyl (C=O) groups is 7. The fourth-order valence-electron chi connectivity index (χ4n) is 20.5. The SMILES string of the molecule is CC[C@]1(O)C[C@H]2CN(CCc3c([nH]c4ccccc34)[C@@](C)(c3cc4c(cc3OC)N(C)[C@H]3[C@@](O)(C(=O)CNC(=O)OCCSSC[C@@H](CC(=O)[C@H](CNC(=O)CCCCCCCCOC5C[C@@H](O)C(O)C(CO)O5)NC(=O)CCCCC(=O)c5ccc(CCc6cnc7nc(N)[nH]c(=O)c7n6)cc5)C(=O)O)[C@H](O)[C@]5(CC)C=CCN6CC[C@]43[C@@H]65)C2)C1. The van der Waals surface area contributed by atoms with Crippen LogP contribution in [0.3, 0.4) is 0 Å². The number of fused-ring (bicyclic) bond motifs is 7. The maximum atomic E-state index is 15.4. The molecule has 0 radical (unpaired) electrons. The summed E-state index contributed by atoms with van der Waals surface area (Å²) in [6, 6.07) is 17.2. The molecule has 4 unspecified atom stereocenters. The number of nitrogen functional groups attached to an aromatic ring is 1. The van der Waals surface area contributed by atoms with Crippen LogP contribution in [0.5, 0.6) is 5.75 Å². The number of nitrogens with two attached hydrogens (primary N) is 1. The Kier molecular flexibility index (Phi) is 29.2. The van der Waals surface area contributed by atoms with Gasteiger partial charge in [-0.3, -0.25) is 48.3 Å². The van der Waals surface area contributed by atoms with Gasteiger partial charge in [0.25, 0.3) is 5.56 Å². The van der Waals surface area contributed by atoms with Crippen LogP contribution in [-0.4, -0.2) is 263 Å². The highest BCUT2D eigenvalue weighted by Gasteiger charge is 2.78. The molecule has 3 aromatic heterocycles. The van der Waals surface area contributed by atoms with Gasteiger partial charge in [-0.25, -0.2) is 14.8 Å². The number of rotatable bonds is 40. The zero-order valence-electron chi connectivity index (χ0n) is 69.7. The lowest BCUT2D eigenvalue weighted by molar-refractivity contribution is -0.256. The molecule has 33 heteroatoms. The quantitative estimate of drug-likeness (QED) is 0.00851. The summed E-state index contributed by atoms with van der Waals surface area (Å²) in [4.78, 5) is 134. The number of nitrogens with one attached hydrogen (secondary N) is 5. The van der Waals surface area contributed by atoms with Crippen molar-refractivity contribution in [3.05, 3.63) is 129 Å². The number of aromatic amines is 2. The molecule has 14 N–H and O–H groups in total. The topological polar surface area (TPSA) is 457 Å². The fraction of sp³-hybridized carbons (Fsp3) is 0.602. The highest BCUT2D eigenvalue weighted by Crippen LogP contribution is 2.68. The minimum absolute atomic E-state index is 0.0577. The fourth-order valence-corrected chi connectivity index (χ4v) is 22.6. The van der Waals surface area contributed by atoms with Crippen molar-refractivity contribution >= 4 is 96.5 Å². The number of aliphatic hydroxyl groups is 6. The molecule has 3 amide bonds. The minimum Gasteiger partial charge on any atom is -0.496 e. The normalized spacial score (nSPS) is 27.7. The van der Waals surface area contributed by atoms with Gasteiger partial charge in [-0.1, -0.05) is 116 Å². The molecule has 121 heavy (non-hydrogen) atoms. The molecule has 16 atom stereocenters. The van der Waals surface area contributed by atoms with Crippen LogP contribution >= 0.6 is 21.6 Å². The van der Waals surface area contributed by atoms with Gasteiger partial charge in [0, 0.05) is 152 Å². The number of ether oxygens (including phenoxy) is 4. The van der Waals surface area contributed by atoms with Crippen molar-refractivity contribution in [2.45, 2.75) is 226 Å². The number of amides is 3. The van der Waals surface area contributed by atoms with Gasteiger partial charge in [-0.15, -0.1) is 0 Å². The molecule has 31 nitrogen and oxygen atoms in total. The lowest BCUT2D eigenvalue weighted by Crippen LogP contribution is -2.81. The summed E-state index contributed by atoms with van der Waals surface area (Å²) in [6.07, 6.45) is 8.49. The van der Waals surface area contributed by atoms with Crippen molar-refractivity contribution in [3.8, 4) is 5.75 Å². The number of aromatic nitrogens is 5. The van der Waals surface area contributed by atoms with Crippen LogP contribution in [0.15, 0.2) is 83.8 Å². The van der Waals surface area contributed by atoms with E-state index < -0.39 is 131 Å². The van der Waals surface area contributed by atoms with Crippen LogP contribution in [0.25, 0.3) is 22.1 Å². The number of alkyl carbamates (subject to hydrolysis) is 1. The molecular formula is C88H118N12O19S2. The van der Waals surface area contributed by atoms with Gasteiger partial charge in [-0.2, -0.15) is 4.98 Å². The summed E-state index contributed by atoms with van der Waals surface area (Å²) in [5.74, 6) is -4.23. The van der Waals surface area contributed by atoms with Crippen molar-refractivity contribution in [2.75, 3.05) is 102 Å². The van der Waals surface area contributed by atoms with Gasteiger partial charge in [0.15, 0.2) is 40.4 Å². The number of carboxylic acid groups (broad SMARTS) is 1. The summed E-state index contributed by atoms with van der Waals surface area (Å²) in [6.45, 7) is 8.49. The van der Waals surface area contributed by atoms with E-state index in [0.717, 1.165) is 95.0 Å². The summed E-state index contributed by atoms with van der Waals surface area (Å²) >= 11 is 0. The van der Waals surface area contributed by atoms with Crippen LogP contribution in [0, 0.1) is 17.3 Å². The van der Waals surface area contributed by atoms with Gasteiger partial charge in [-0.05, 0) is 125 Å². The number of para-hydroxylation sites is 1. The van der Waals surface area contributed by atoms with Gasteiger partial charge in [0.1, 0.15) is 36.7 Å². The van der Waals surface area contributed by atoms with Crippen molar-refractivity contribution in [3.63, 3.8) is 0 Å². The van der Waals surface area contributed by atoms with Gasteiger partial charge in [0.05, 0.1) is 55.8 Å². The Labute approximate surface area is 711 Å². The van der Waals surface area contributed by atoms with Crippen LogP contribution in [0.1, 0.15) is 180 Å². The van der Waals surface area contributed by atoms with Crippen LogP contribution in [-0.2, 0) is 68.3 Å². The second-order valence-electron chi connectivity index (χ2n) is 34.3. The van der Waals surface area contributed by atoms with E-state index in [0.29, 0.717) is 107 Å². The number of anilines is 2. The molecule has 1 aliphatic carbocycles. The number of ketones is 3. The van der Waals surface area contributed by atoms with Gasteiger partial charge >= 0.3 is 12.1 Å². The molecule has 6 aromatic rings. The summed E-state index contributed by atoms with van der Waals surface area (Å²) in [5, 5.41) is 88.2. The van der Waals surface area contributed by atoms with E-state index in [1.807, 2.05) is 55.3 Å². The molecule has 3 aromatic carbocycles. The summed E-state index contributed by atoms with van der Waals surface area (Å²) in [5.41, 5.74) is 7.25. The maximum Gasteiger partial charge on any atom is 0.407 e. The number of hydrogen-bond acceptors (Lipinski definition) is 27. The highest BCUT2D eigenvalue weighted by molar-refractivity contribution is 8.76. The second kappa shape index (κ2) is 39.2. The van der Waals surface area contributed by atoms with E-state index in [9.17, 15) is 69.3 Å². The van der Waals surface area contributed by atoms with Crippen molar-refractivity contribution < 1.29 is 88.3 Å². The molecular weight excluding hydrogens is 1590 g/mol. The van der Waals surface area contributed by atoms with E-state index >= 15 is 4.79 Å². The van der Waals surface area contributed by atoms with E-state index in [-0.39, 0.29) is 97.5 Å². The van der Waals surface area contributed by atoms with Crippen LogP contribution < -0.4 is 36.9 Å². The van der Waals surface area contributed by atoms with E-state index in [2.05, 4.69) is 88.8 Å². The standard InChI is InChI=1S/C88H118N12O19S2/c1-6-85(114)44-53-43-84(3,75-58(30-34-99(48-53)51-85)57-19-13-14-20-61(57)95-75)60-40-59-63(41-67(60)116-5)98(4)80-87(59)32-35-100-33-18-31-86(7-2,79(87)100)81(112)88(80,115)69(105)47-92-83(113)118-37-38-120-121-50-55(78(110)111)39-65(103)62(46-90-70(106)22-12-10-8-9-11-17-36-117-72-42-66(104)74(108)68(49-101)119-72)94-71(107)23-16-15-21-64(102)54-27-24-52(25-28-54)26-29-56-45-91-76-73(93-56)77(109)97-82(89)96-76/h13-14,18-20,24-25,27-28,31,40-41,45,53,55,62,66,68,72,74,79-81,95,101,104,108,112,114-115H,6-12,15-17,21-23,26,29-30,32-39,42-44,46-51H2,1-5H3,(H,90,106)(H,92,113)(H,94,107)(H,110,111)(H3,89,91,96,97,109)/t53-,55+,62-,66+,68?,72?,74?,79-,80+,81+,84+,85-,86+,87+,88-/m0/s1. The average molecular weight is 1710 g/mol. The number of hydrogen-bond donors (Lipinski definition) is 13. The monoisotopic (exact) mass is 1710 g/mol. The number of methoxy groups -OCH3 is 1. The first kappa shape index (κ1) is 90.3. The number of aryl methyl sites for hydroxylation is 2. The number of piperidine rings is 1. The Morgan fingerprint density at radius 3 is 2.36 bits per heavy atom. The number of aliphatic hydroxyl groups excluding tert-OH is 4.